The van der Waals surface area contributed by atoms with Crippen molar-refractivity contribution in [1.29, 1.82) is 0 Å². The summed E-state index contributed by atoms with van der Waals surface area (Å²) in [6.45, 7) is 2.62. The molecule has 0 N–H and O–H groups in total. The van der Waals surface area contributed by atoms with E-state index >= 15 is 0 Å². The molecule has 6 heteroatoms. The number of hydrazone groups is 1. The molecular formula is C24H20BrClN2O2. The van der Waals surface area contributed by atoms with E-state index in [9.17, 15) is 0 Å². The van der Waals surface area contributed by atoms with E-state index in [-0.39, 0.29) is 12.3 Å². The third-order valence-corrected chi connectivity index (χ3v) is 6.17. The van der Waals surface area contributed by atoms with Gasteiger partial charge in [0, 0.05) is 27.0 Å². The van der Waals surface area contributed by atoms with Crippen molar-refractivity contribution < 1.29 is 9.47 Å². The zero-order valence-corrected chi connectivity index (χ0v) is 18.7. The van der Waals surface area contributed by atoms with Gasteiger partial charge in [0.15, 0.2) is 0 Å². The van der Waals surface area contributed by atoms with Crippen LogP contribution in [0.4, 0.5) is 0 Å². The summed E-state index contributed by atoms with van der Waals surface area (Å²) >= 11 is 9.81. The highest BCUT2D eigenvalue weighted by Gasteiger charge is 2.41. The van der Waals surface area contributed by atoms with Gasteiger partial charge in [-0.1, -0.05) is 39.7 Å². The Labute approximate surface area is 189 Å². The third kappa shape index (κ3) is 3.57. The van der Waals surface area contributed by atoms with E-state index in [0.717, 1.165) is 44.8 Å². The Morgan fingerprint density at radius 3 is 2.60 bits per heavy atom. The van der Waals surface area contributed by atoms with Crippen LogP contribution >= 0.6 is 27.5 Å². The molecule has 0 radical (unpaired) electrons. The van der Waals surface area contributed by atoms with Crippen molar-refractivity contribution in [2.45, 2.75) is 25.6 Å². The highest BCUT2D eigenvalue weighted by atomic mass is 79.9. The van der Waals surface area contributed by atoms with Gasteiger partial charge in [-0.15, -0.1) is 0 Å². The summed E-state index contributed by atoms with van der Waals surface area (Å²) in [6.07, 6.45) is 0.485. The first-order valence-corrected chi connectivity index (χ1v) is 11.1. The Morgan fingerprint density at radius 1 is 1.10 bits per heavy atom. The average Bonchev–Trinajstić information content (AvgIpc) is 3.20. The summed E-state index contributed by atoms with van der Waals surface area (Å²) in [6, 6.07) is 22.2. The van der Waals surface area contributed by atoms with Crippen LogP contribution in [0.1, 0.15) is 42.3 Å². The van der Waals surface area contributed by atoms with Gasteiger partial charge >= 0.3 is 0 Å². The molecule has 2 heterocycles. The molecule has 2 aliphatic heterocycles. The van der Waals surface area contributed by atoms with Crippen LogP contribution in [0.25, 0.3) is 0 Å². The predicted molar refractivity (Wildman–Crippen MR) is 122 cm³/mol. The Bertz CT molecular complexity index is 1100. The van der Waals surface area contributed by atoms with Crippen molar-refractivity contribution in [2.75, 3.05) is 6.61 Å². The molecule has 0 saturated carbocycles. The summed E-state index contributed by atoms with van der Waals surface area (Å²) in [5.41, 5.74) is 4.26. The molecule has 0 amide bonds. The molecule has 2 atom stereocenters. The lowest BCUT2D eigenvalue weighted by Gasteiger charge is -2.38. The lowest BCUT2D eigenvalue weighted by molar-refractivity contribution is -0.0190. The van der Waals surface area contributed by atoms with Gasteiger partial charge < -0.3 is 9.47 Å². The molecule has 0 aliphatic carbocycles. The first kappa shape index (κ1) is 19.5. The third-order valence-electron chi connectivity index (χ3n) is 5.41. The zero-order chi connectivity index (χ0) is 20.7. The fourth-order valence-corrected chi connectivity index (χ4v) is 4.44. The maximum Gasteiger partial charge on any atom is 0.213 e. The van der Waals surface area contributed by atoms with Gasteiger partial charge in [-0.3, -0.25) is 0 Å². The minimum atomic E-state index is -0.313. The van der Waals surface area contributed by atoms with Crippen molar-refractivity contribution in [3.05, 3.63) is 92.9 Å². The van der Waals surface area contributed by atoms with Crippen LogP contribution in [0, 0.1) is 0 Å². The highest BCUT2D eigenvalue weighted by Crippen LogP contribution is 2.48. The normalized spacial score (nSPS) is 19.6. The highest BCUT2D eigenvalue weighted by molar-refractivity contribution is 9.10. The molecule has 0 saturated heterocycles. The maximum atomic E-state index is 6.40. The second-order valence-corrected chi connectivity index (χ2v) is 8.66. The lowest BCUT2D eigenvalue weighted by atomic mass is 9.96. The van der Waals surface area contributed by atoms with Crippen LogP contribution in [0.2, 0.25) is 5.02 Å². The molecule has 0 bridgehead atoms. The lowest BCUT2D eigenvalue weighted by Crippen LogP contribution is -2.33. The number of fused-ring (bicyclic) bond motifs is 3. The van der Waals surface area contributed by atoms with E-state index in [2.05, 4.69) is 33.1 Å². The molecule has 4 nitrogen and oxygen atoms in total. The molecule has 3 aromatic carbocycles. The number of rotatable bonds is 4. The van der Waals surface area contributed by atoms with Gasteiger partial charge in [-0.05, 0) is 67.1 Å². The van der Waals surface area contributed by atoms with Gasteiger partial charge in [0.05, 0.1) is 18.4 Å². The Balaban J connectivity index is 1.55. The first-order valence-electron chi connectivity index (χ1n) is 9.93. The van der Waals surface area contributed by atoms with Crippen molar-refractivity contribution in [3.8, 4) is 11.5 Å². The number of halogens is 2. The minimum absolute atomic E-state index is 0.0719. The monoisotopic (exact) mass is 482 g/mol. The topological polar surface area (TPSA) is 34.1 Å². The number of hydrogen-bond donors (Lipinski definition) is 0. The molecular weight excluding hydrogens is 464 g/mol. The molecule has 2 aliphatic rings. The van der Waals surface area contributed by atoms with Crippen molar-refractivity contribution >= 4 is 33.2 Å². The van der Waals surface area contributed by atoms with Gasteiger partial charge in [-0.25, -0.2) is 5.01 Å². The average molecular weight is 484 g/mol. The van der Waals surface area contributed by atoms with Crippen LogP contribution in [0.3, 0.4) is 0 Å². The van der Waals surface area contributed by atoms with E-state index < -0.39 is 0 Å². The molecule has 0 unspecified atom stereocenters. The fourth-order valence-electron chi connectivity index (χ4n) is 3.99. The quantitative estimate of drug-likeness (QED) is 0.412. The first-order chi connectivity index (χ1) is 14.6. The Hall–Kier alpha value is -2.50. The molecule has 3 aromatic rings. The van der Waals surface area contributed by atoms with Crippen LogP contribution in [0.15, 0.2) is 76.3 Å². The predicted octanol–water partition coefficient (Wildman–Crippen LogP) is 6.74. The van der Waals surface area contributed by atoms with E-state index in [1.807, 2.05) is 61.5 Å². The fraction of sp³-hybridized carbons (Fsp3) is 0.208. The number of nitrogens with zero attached hydrogens (tertiary/aromatic N) is 2. The van der Waals surface area contributed by atoms with Crippen molar-refractivity contribution in [2.24, 2.45) is 5.10 Å². The van der Waals surface area contributed by atoms with E-state index in [4.69, 9.17) is 26.2 Å². The molecule has 152 valence electrons. The summed E-state index contributed by atoms with van der Waals surface area (Å²) < 4.78 is 13.0. The SMILES string of the molecule is CCOc1ccc([C@H]2Oc3ccc(Cl)cc3[C@@H]3CC(c4ccc(Br)cc4)=NN23)cc1. The van der Waals surface area contributed by atoms with Crippen molar-refractivity contribution in [3.63, 3.8) is 0 Å². The van der Waals surface area contributed by atoms with Crippen LogP contribution in [0.5, 0.6) is 11.5 Å². The van der Waals surface area contributed by atoms with Gasteiger partial charge in [0.1, 0.15) is 11.5 Å². The standard InChI is InChI=1S/C24H20BrClN2O2/c1-2-29-19-10-5-16(6-11-19)24-28-22(20-13-18(26)9-12-23(20)30-24)14-21(27-28)15-3-7-17(25)8-4-15/h3-13,22,24H,2,14H2,1H3/t22-,24+/m0/s1. The smallest absolute Gasteiger partial charge is 0.213 e. The minimum Gasteiger partial charge on any atom is -0.494 e. The molecule has 30 heavy (non-hydrogen) atoms. The number of hydrogen-bond acceptors (Lipinski definition) is 4. The van der Waals surface area contributed by atoms with E-state index in [1.165, 1.54) is 0 Å². The summed E-state index contributed by atoms with van der Waals surface area (Å²) in [5, 5.41) is 7.75. The molecule has 0 fully saturated rings. The summed E-state index contributed by atoms with van der Waals surface area (Å²) in [4.78, 5) is 0. The largest absolute Gasteiger partial charge is 0.494 e. The Kier molecular flexibility index (Phi) is 5.17. The van der Waals surface area contributed by atoms with Gasteiger partial charge in [0.25, 0.3) is 0 Å². The van der Waals surface area contributed by atoms with Gasteiger partial charge in [0.2, 0.25) is 6.23 Å². The van der Waals surface area contributed by atoms with E-state index in [1.54, 1.807) is 0 Å². The van der Waals surface area contributed by atoms with Crippen LogP contribution in [-0.4, -0.2) is 17.3 Å². The second kappa shape index (κ2) is 7.97. The van der Waals surface area contributed by atoms with Crippen LogP contribution in [-0.2, 0) is 0 Å². The summed E-state index contributed by atoms with van der Waals surface area (Å²) in [7, 11) is 0. The summed E-state index contributed by atoms with van der Waals surface area (Å²) in [5.74, 6) is 1.70. The Morgan fingerprint density at radius 2 is 1.87 bits per heavy atom. The maximum absolute atomic E-state index is 6.40. The van der Waals surface area contributed by atoms with Gasteiger partial charge in [-0.2, -0.15) is 5.10 Å². The van der Waals surface area contributed by atoms with E-state index in [0.29, 0.717) is 11.6 Å². The molecule has 0 spiro atoms. The number of benzene rings is 3. The number of ether oxygens (including phenoxy) is 2. The van der Waals surface area contributed by atoms with Crippen LogP contribution < -0.4 is 9.47 Å². The molecule has 5 rings (SSSR count). The van der Waals surface area contributed by atoms with Crippen molar-refractivity contribution in [1.82, 2.24) is 5.01 Å². The zero-order valence-electron chi connectivity index (χ0n) is 16.4. The second-order valence-electron chi connectivity index (χ2n) is 7.31. The molecule has 0 aromatic heterocycles.